The zero-order valence-corrected chi connectivity index (χ0v) is 18.1. The van der Waals surface area contributed by atoms with Gasteiger partial charge >= 0.3 is 0 Å². The molecule has 31 heavy (non-hydrogen) atoms. The molecular formula is C26H24N2O2S. The summed E-state index contributed by atoms with van der Waals surface area (Å²) < 4.78 is 0. The molecule has 0 bridgehead atoms. The van der Waals surface area contributed by atoms with Crippen LogP contribution in [0.2, 0.25) is 0 Å². The number of anilines is 1. The third-order valence-electron chi connectivity index (χ3n) is 5.14. The quantitative estimate of drug-likeness (QED) is 0.508. The van der Waals surface area contributed by atoms with Crippen LogP contribution in [0.5, 0.6) is 0 Å². The third kappa shape index (κ3) is 5.44. The van der Waals surface area contributed by atoms with Gasteiger partial charge in [0, 0.05) is 16.5 Å². The second-order valence-electron chi connectivity index (χ2n) is 7.58. The number of nitrogens with one attached hydrogen (secondary N) is 2. The van der Waals surface area contributed by atoms with Gasteiger partial charge in [0.2, 0.25) is 0 Å². The summed E-state index contributed by atoms with van der Waals surface area (Å²) in [7, 11) is 0. The molecule has 0 unspecified atom stereocenters. The van der Waals surface area contributed by atoms with Gasteiger partial charge in [-0.2, -0.15) is 0 Å². The fraction of sp³-hybridized carbons (Fsp3) is 0.154. The van der Waals surface area contributed by atoms with Crippen molar-refractivity contribution in [2.75, 3.05) is 5.32 Å². The monoisotopic (exact) mass is 428 g/mol. The van der Waals surface area contributed by atoms with E-state index < -0.39 is 0 Å². The molecule has 0 aliphatic carbocycles. The molecule has 156 valence electrons. The van der Waals surface area contributed by atoms with Gasteiger partial charge in [-0.15, -0.1) is 0 Å². The minimum absolute atomic E-state index is 0.0805. The molecule has 1 heterocycles. The fourth-order valence-electron chi connectivity index (χ4n) is 3.39. The molecule has 4 rings (SSSR count). The van der Waals surface area contributed by atoms with Crippen molar-refractivity contribution in [3.05, 3.63) is 100 Å². The fourth-order valence-corrected chi connectivity index (χ4v) is 4.34. The summed E-state index contributed by atoms with van der Waals surface area (Å²) in [5.41, 5.74) is 3.60. The average molecular weight is 429 g/mol. The lowest BCUT2D eigenvalue weighted by molar-refractivity contribution is -0.112. The van der Waals surface area contributed by atoms with Crippen molar-refractivity contribution >= 4 is 35.3 Å². The number of thioether (sulfide) groups is 1. The van der Waals surface area contributed by atoms with Gasteiger partial charge in [-0.25, -0.2) is 0 Å². The lowest BCUT2D eigenvalue weighted by Gasteiger charge is -2.18. The molecule has 0 spiro atoms. The number of hydrogen-bond acceptors (Lipinski definition) is 3. The zero-order valence-electron chi connectivity index (χ0n) is 17.3. The number of carbonyl (C=O) groups excluding carboxylic acids is 2. The highest BCUT2D eigenvalue weighted by Gasteiger charge is 2.20. The first kappa shape index (κ1) is 20.9. The van der Waals surface area contributed by atoms with Crippen LogP contribution < -0.4 is 10.6 Å². The van der Waals surface area contributed by atoms with Crippen LogP contribution in [0, 0.1) is 0 Å². The standard InChI is InChI=1S/C26H24N2O2S/c1-18(11-12-19-7-3-2-4-8-19)27-25(29)21-15-13-20(14-16-21)17-24-26(30)28-22-9-5-6-10-23(22)31-24/h2-10,13-18H,11-12H2,1H3,(H,27,29)(H,28,30)/b24-17+/t18-/m0/s1. The van der Waals surface area contributed by atoms with Crippen LogP contribution >= 0.6 is 11.8 Å². The number of carbonyl (C=O) groups is 2. The van der Waals surface area contributed by atoms with Crippen molar-refractivity contribution in [3.63, 3.8) is 0 Å². The Labute approximate surface area is 186 Å². The number of aryl methyl sites for hydroxylation is 1. The summed E-state index contributed by atoms with van der Waals surface area (Å²) in [5.74, 6) is -0.198. The van der Waals surface area contributed by atoms with Gasteiger partial charge < -0.3 is 10.6 Å². The van der Waals surface area contributed by atoms with Crippen molar-refractivity contribution in [2.45, 2.75) is 30.7 Å². The number of amides is 2. The van der Waals surface area contributed by atoms with Gasteiger partial charge in [0.1, 0.15) is 0 Å². The lowest BCUT2D eigenvalue weighted by Crippen LogP contribution is -2.32. The summed E-state index contributed by atoms with van der Waals surface area (Å²) in [6, 6.07) is 25.4. The second-order valence-corrected chi connectivity index (χ2v) is 8.67. The first-order valence-electron chi connectivity index (χ1n) is 10.3. The normalized spacial score (nSPS) is 15.1. The summed E-state index contributed by atoms with van der Waals surface area (Å²) in [6.07, 6.45) is 3.66. The highest BCUT2D eigenvalue weighted by Crippen LogP contribution is 2.38. The van der Waals surface area contributed by atoms with Crippen molar-refractivity contribution in [2.24, 2.45) is 0 Å². The smallest absolute Gasteiger partial charge is 0.262 e. The number of benzene rings is 3. The zero-order chi connectivity index (χ0) is 21.6. The van der Waals surface area contributed by atoms with Crippen molar-refractivity contribution in [1.82, 2.24) is 5.32 Å². The maximum absolute atomic E-state index is 12.6. The Hall–Kier alpha value is -3.31. The van der Waals surface area contributed by atoms with Crippen molar-refractivity contribution in [3.8, 4) is 0 Å². The van der Waals surface area contributed by atoms with Crippen LogP contribution in [0.3, 0.4) is 0 Å². The van der Waals surface area contributed by atoms with E-state index in [-0.39, 0.29) is 17.9 Å². The molecule has 0 saturated heterocycles. The molecule has 0 fully saturated rings. The summed E-state index contributed by atoms with van der Waals surface area (Å²) in [5, 5.41) is 5.98. The minimum Gasteiger partial charge on any atom is -0.350 e. The highest BCUT2D eigenvalue weighted by molar-refractivity contribution is 8.04. The molecule has 3 aromatic rings. The Balaban J connectivity index is 1.36. The van der Waals surface area contributed by atoms with Gasteiger partial charge in [-0.3, -0.25) is 9.59 Å². The number of hydrogen-bond donors (Lipinski definition) is 2. The Morgan fingerprint density at radius 2 is 1.71 bits per heavy atom. The highest BCUT2D eigenvalue weighted by atomic mass is 32.2. The molecule has 3 aromatic carbocycles. The van der Waals surface area contributed by atoms with Gasteiger partial charge in [-0.1, -0.05) is 66.4 Å². The first-order chi connectivity index (χ1) is 15.1. The van der Waals surface area contributed by atoms with E-state index >= 15 is 0 Å². The van der Waals surface area contributed by atoms with Crippen LogP contribution in [-0.4, -0.2) is 17.9 Å². The largest absolute Gasteiger partial charge is 0.350 e. The molecule has 1 aliphatic rings. The molecule has 0 radical (unpaired) electrons. The SMILES string of the molecule is C[C@@H](CCc1ccccc1)NC(=O)c1ccc(/C=C2/Sc3ccccc3NC2=O)cc1. The van der Waals surface area contributed by atoms with Gasteiger partial charge in [-0.05, 0) is 61.2 Å². The molecule has 0 aromatic heterocycles. The van der Waals surface area contributed by atoms with Crippen molar-refractivity contribution < 1.29 is 9.59 Å². The molecule has 2 N–H and O–H groups in total. The summed E-state index contributed by atoms with van der Waals surface area (Å²) >= 11 is 1.45. The number of rotatable bonds is 6. The van der Waals surface area contributed by atoms with E-state index in [4.69, 9.17) is 0 Å². The van der Waals surface area contributed by atoms with E-state index in [1.165, 1.54) is 17.3 Å². The van der Waals surface area contributed by atoms with E-state index in [1.807, 2.05) is 67.6 Å². The Kier molecular flexibility index (Phi) is 6.53. The molecular weight excluding hydrogens is 404 g/mol. The predicted octanol–water partition coefficient (Wildman–Crippen LogP) is 5.52. The summed E-state index contributed by atoms with van der Waals surface area (Å²) in [6.45, 7) is 2.02. The second kappa shape index (κ2) is 9.67. The van der Waals surface area contributed by atoms with Gasteiger partial charge in [0.25, 0.3) is 11.8 Å². The number of para-hydroxylation sites is 1. The van der Waals surface area contributed by atoms with Crippen LogP contribution in [0.15, 0.2) is 88.7 Å². The van der Waals surface area contributed by atoms with Crippen molar-refractivity contribution in [1.29, 1.82) is 0 Å². The number of fused-ring (bicyclic) bond motifs is 1. The van der Waals surface area contributed by atoms with Gasteiger partial charge in [0.05, 0.1) is 10.6 Å². The van der Waals surface area contributed by atoms with Crippen LogP contribution in [-0.2, 0) is 11.2 Å². The molecule has 5 heteroatoms. The van der Waals surface area contributed by atoms with Gasteiger partial charge in [0.15, 0.2) is 0 Å². The Bertz CT molecular complexity index is 1110. The maximum Gasteiger partial charge on any atom is 0.262 e. The molecule has 2 amide bonds. The lowest BCUT2D eigenvalue weighted by atomic mass is 10.1. The Morgan fingerprint density at radius 1 is 1.00 bits per heavy atom. The Morgan fingerprint density at radius 3 is 2.48 bits per heavy atom. The molecule has 1 atom stereocenters. The van der Waals surface area contributed by atoms with E-state index in [1.54, 1.807) is 12.1 Å². The van der Waals surface area contributed by atoms with E-state index in [0.29, 0.717) is 10.5 Å². The van der Waals surface area contributed by atoms with Crippen LogP contribution in [0.4, 0.5) is 5.69 Å². The van der Waals surface area contributed by atoms with E-state index in [2.05, 4.69) is 22.8 Å². The van der Waals surface area contributed by atoms with E-state index in [9.17, 15) is 9.59 Å². The molecule has 1 aliphatic heterocycles. The summed E-state index contributed by atoms with van der Waals surface area (Å²) in [4.78, 5) is 26.6. The maximum atomic E-state index is 12.6. The van der Waals surface area contributed by atoms with Crippen LogP contribution in [0.1, 0.15) is 34.8 Å². The minimum atomic E-state index is -0.113. The topological polar surface area (TPSA) is 58.2 Å². The van der Waals surface area contributed by atoms with E-state index in [0.717, 1.165) is 29.0 Å². The van der Waals surface area contributed by atoms with Crippen LogP contribution in [0.25, 0.3) is 6.08 Å². The third-order valence-corrected chi connectivity index (χ3v) is 6.24. The average Bonchev–Trinajstić information content (AvgIpc) is 2.79. The predicted molar refractivity (Wildman–Crippen MR) is 127 cm³/mol. The first-order valence-corrected chi connectivity index (χ1v) is 11.1. The molecule has 4 nitrogen and oxygen atoms in total. The molecule has 0 saturated carbocycles.